The van der Waals surface area contributed by atoms with Gasteiger partial charge in [0, 0.05) is 0 Å². The largest absolute Gasteiger partial charge is 0.461 e. The van der Waals surface area contributed by atoms with Gasteiger partial charge in [0.15, 0.2) is 0 Å². The molecule has 1 rings (SSSR count). The molecule has 0 aromatic carbocycles. The summed E-state index contributed by atoms with van der Waals surface area (Å²) in [4.78, 5) is 11.1. The third-order valence-corrected chi connectivity index (χ3v) is 2.34. The molecule has 70 valence electrons. The molecule has 0 spiro atoms. The Balaban J connectivity index is 2.24. The van der Waals surface area contributed by atoms with Crippen molar-refractivity contribution in [3.63, 3.8) is 0 Å². The lowest BCUT2D eigenvalue weighted by molar-refractivity contribution is -0.149. The van der Waals surface area contributed by atoms with Crippen molar-refractivity contribution < 1.29 is 9.53 Å². The molecule has 1 fully saturated rings. The lowest BCUT2D eigenvalue weighted by Gasteiger charge is -2.22. The van der Waals surface area contributed by atoms with Gasteiger partial charge in [0.1, 0.15) is 11.5 Å². The van der Waals surface area contributed by atoms with E-state index in [0.29, 0.717) is 0 Å². The van der Waals surface area contributed by atoms with Crippen LogP contribution in [0, 0.1) is 0 Å². The molecular formula is C9H15ClO2. The Hall–Kier alpha value is -0.240. The van der Waals surface area contributed by atoms with E-state index in [0.717, 1.165) is 12.8 Å². The van der Waals surface area contributed by atoms with Gasteiger partial charge in [-0.1, -0.05) is 6.42 Å². The summed E-state index contributed by atoms with van der Waals surface area (Å²) in [5, 5.41) is -0.507. The summed E-state index contributed by atoms with van der Waals surface area (Å²) in [7, 11) is 0. The molecule has 1 unspecified atom stereocenters. The van der Waals surface area contributed by atoms with E-state index in [1.54, 1.807) is 6.92 Å². The summed E-state index contributed by atoms with van der Waals surface area (Å²) < 4.78 is 5.18. The monoisotopic (exact) mass is 190 g/mol. The first-order valence-electron chi connectivity index (χ1n) is 4.54. The van der Waals surface area contributed by atoms with E-state index in [1.165, 1.54) is 19.3 Å². The van der Waals surface area contributed by atoms with Crippen LogP contribution in [-0.2, 0) is 9.53 Å². The second kappa shape index (κ2) is 4.70. The van der Waals surface area contributed by atoms with Crippen molar-refractivity contribution in [1.82, 2.24) is 0 Å². The minimum Gasteiger partial charge on any atom is -0.461 e. The Morgan fingerprint density at radius 2 is 2.00 bits per heavy atom. The molecule has 1 saturated carbocycles. The van der Waals surface area contributed by atoms with E-state index in [1.807, 2.05) is 0 Å². The van der Waals surface area contributed by atoms with Crippen molar-refractivity contribution in [3.05, 3.63) is 0 Å². The maximum Gasteiger partial charge on any atom is 0.324 e. The smallest absolute Gasteiger partial charge is 0.324 e. The van der Waals surface area contributed by atoms with Crippen LogP contribution in [-0.4, -0.2) is 17.5 Å². The highest BCUT2D eigenvalue weighted by molar-refractivity contribution is 6.29. The molecule has 1 aliphatic rings. The summed E-state index contributed by atoms with van der Waals surface area (Å²) in [5.41, 5.74) is 0. The molecule has 1 aliphatic carbocycles. The quantitative estimate of drug-likeness (QED) is 0.494. The number of carbonyl (C=O) groups is 1. The minimum atomic E-state index is -0.507. The highest BCUT2D eigenvalue weighted by atomic mass is 35.5. The van der Waals surface area contributed by atoms with Gasteiger partial charge in [-0.2, -0.15) is 0 Å². The Bertz CT molecular complexity index is 151. The Labute approximate surface area is 78.2 Å². The van der Waals surface area contributed by atoms with Crippen LogP contribution in [0.2, 0.25) is 0 Å². The number of esters is 1. The van der Waals surface area contributed by atoms with Gasteiger partial charge in [-0.05, 0) is 32.6 Å². The molecule has 12 heavy (non-hydrogen) atoms. The normalized spacial score (nSPS) is 21.8. The molecule has 0 N–H and O–H groups in total. The van der Waals surface area contributed by atoms with Gasteiger partial charge >= 0.3 is 5.97 Å². The zero-order valence-electron chi connectivity index (χ0n) is 7.38. The molecule has 0 heterocycles. The van der Waals surface area contributed by atoms with Crippen LogP contribution in [0.3, 0.4) is 0 Å². The van der Waals surface area contributed by atoms with Crippen molar-refractivity contribution >= 4 is 17.6 Å². The molecule has 0 aromatic rings. The average molecular weight is 191 g/mol. The Kier molecular flexibility index (Phi) is 3.86. The summed E-state index contributed by atoms with van der Waals surface area (Å²) in [6, 6.07) is 0. The van der Waals surface area contributed by atoms with Crippen molar-refractivity contribution in [2.24, 2.45) is 0 Å². The van der Waals surface area contributed by atoms with Gasteiger partial charge in [-0.15, -0.1) is 11.6 Å². The molecule has 3 heteroatoms. The molecule has 2 nitrogen and oxygen atoms in total. The van der Waals surface area contributed by atoms with Crippen LogP contribution in [0.25, 0.3) is 0 Å². The Morgan fingerprint density at radius 1 is 1.42 bits per heavy atom. The van der Waals surface area contributed by atoms with Crippen molar-refractivity contribution in [3.8, 4) is 0 Å². The molecule has 0 amide bonds. The standard InChI is InChI=1S/C9H15ClO2/c1-7(10)9(11)12-8-5-3-2-4-6-8/h7-8H,2-6H2,1H3. The highest BCUT2D eigenvalue weighted by Crippen LogP contribution is 2.20. The molecule has 0 aliphatic heterocycles. The van der Waals surface area contributed by atoms with Gasteiger partial charge in [0.25, 0.3) is 0 Å². The molecule has 0 saturated heterocycles. The number of hydrogen-bond donors (Lipinski definition) is 0. The van der Waals surface area contributed by atoms with Crippen LogP contribution in [0.4, 0.5) is 0 Å². The fraction of sp³-hybridized carbons (Fsp3) is 0.889. The number of hydrogen-bond acceptors (Lipinski definition) is 2. The van der Waals surface area contributed by atoms with E-state index in [2.05, 4.69) is 0 Å². The molecule has 0 bridgehead atoms. The first kappa shape index (κ1) is 9.85. The predicted octanol–water partition coefficient (Wildman–Crippen LogP) is 2.49. The maximum absolute atomic E-state index is 11.1. The molecule has 1 atom stereocenters. The van der Waals surface area contributed by atoms with Gasteiger partial charge in [-0.25, -0.2) is 0 Å². The molecule has 0 aromatic heterocycles. The van der Waals surface area contributed by atoms with E-state index < -0.39 is 5.38 Å². The SMILES string of the molecule is CC(Cl)C(=O)OC1CCCCC1. The summed E-state index contributed by atoms with van der Waals surface area (Å²) in [6.07, 6.45) is 5.77. The van der Waals surface area contributed by atoms with Gasteiger partial charge in [0.05, 0.1) is 0 Å². The zero-order chi connectivity index (χ0) is 8.97. The van der Waals surface area contributed by atoms with Crippen LogP contribution in [0.5, 0.6) is 0 Å². The van der Waals surface area contributed by atoms with Gasteiger partial charge in [0.2, 0.25) is 0 Å². The fourth-order valence-electron chi connectivity index (χ4n) is 1.44. The predicted molar refractivity (Wildman–Crippen MR) is 48.3 cm³/mol. The average Bonchev–Trinajstić information content (AvgIpc) is 2.06. The number of carbonyl (C=O) groups excluding carboxylic acids is 1. The first-order chi connectivity index (χ1) is 5.70. The number of alkyl halides is 1. The lowest BCUT2D eigenvalue weighted by Crippen LogP contribution is -2.24. The first-order valence-corrected chi connectivity index (χ1v) is 4.98. The minimum absolute atomic E-state index is 0.132. The fourth-order valence-corrected chi connectivity index (χ4v) is 1.49. The lowest BCUT2D eigenvalue weighted by atomic mass is 9.98. The number of ether oxygens (including phenoxy) is 1. The van der Waals surface area contributed by atoms with Gasteiger partial charge < -0.3 is 4.74 Å². The zero-order valence-corrected chi connectivity index (χ0v) is 8.14. The van der Waals surface area contributed by atoms with E-state index in [-0.39, 0.29) is 12.1 Å². The third-order valence-electron chi connectivity index (χ3n) is 2.16. The van der Waals surface area contributed by atoms with E-state index in [9.17, 15) is 4.79 Å². The maximum atomic E-state index is 11.1. The van der Waals surface area contributed by atoms with Crippen LogP contribution >= 0.6 is 11.6 Å². The van der Waals surface area contributed by atoms with Gasteiger partial charge in [-0.3, -0.25) is 4.79 Å². The van der Waals surface area contributed by atoms with E-state index in [4.69, 9.17) is 16.3 Å². The second-order valence-electron chi connectivity index (χ2n) is 3.31. The van der Waals surface area contributed by atoms with Crippen molar-refractivity contribution in [2.75, 3.05) is 0 Å². The molecular weight excluding hydrogens is 176 g/mol. The Morgan fingerprint density at radius 3 is 2.50 bits per heavy atom. The van der Waals surface area contributed by atoms with Crippen LogP contribution in [0.1, 0.15) is 39.0 Å². The van der Waals surface area contributed by atoms with Crippen LogP contribution < -0.4 is 0 Å². The topological polar surface area (TPSA) is 26.3 Å². The van der Waals surface area contributed by atoms with Crippen LogP contribution in [0.15, 0.2) is 0 Å². The summed E-state index contributed by atoms with van der Waals surface area (Å²) >= 11 is 5.57. The number of halogens is 1. The summed E-state index contributed by atoms with van der Waals surface area (Å²) in [6.45, 7) is 1.65. The van der Waals surface area contributed by atoms with E-state index >= 15 is 0 Å². The number of rotatable bonds is 2. The second-order valence-corrected chi connectivity index (χ2v) is 3.97. The highest BCUT2D eigenvalue weighted by Gasteiger charge is 2.19. The molecule has 0 radical (unpaired) electrons. The van der Waals surface area contributed by atoms with Crippen molar-refractivity contribution in [2.45, 2.75) is 50.5 Å². The third kappa shape index (κ3) is 3.02. The summed E-state index contributed by atoms with van der Waals surface area (Å²) in [5.74, 6) is -0.274. The van der Waals surface area contributed by atoms with Crippen molar-refractivity contribution in [1.29, 1.82) is 0 Å².